The maximum atomic E-state index is 14.0. The standard InChI is InChI=1S/C15H20FN3/c1-18-9-12-4-3-7-19(10-12)11-14-6-2-5-13(8-17)15(14)16/h2,5-6,12,18H,3-4,7,9-11H2,1H3. The fraction of sp³-hybridized carbons (Fsp3) is 0.533. The number of rotatable bonds is 4. The summed E-state index contributed by atoms with van der Waals surface area (Å²) in [5, 5.41) is 12.1. The third-order valence-electron chi connectivity index (χ3n) is 3.69. The lowest BCUT2D eigenvalue weighted by Gasteiger charge is -2.32. The lowest BCUT2D eigenvalue weighted by Crippen LogP contribution is -2.38. The van der Waals surface area contributed by atoms with Gasteiger partial charge in [0.15, 0.2) is 0 Å². The van der Waals surface area contributed by atoms with Gasteiger partial charge in [-0.3, -0.25) is 4.90 Å². The molecule has 0 bridgehead atoms. The van der Waals surface area contributed by atoms with Crippen molar-refractivity contribution in [3.05, 3.63) is 35.1 Å². The fourth-order valence-electron chi connectivity index (χ4n) is 2.78. The number of piperidine rings is 1. The van der Waals surface area contributed by atoms with Crippen LogP contribution in [0, 0.1) is 23.1 Å². The highest BCUT2D eigenvalue weighted by Gasteiger charge is 2.20. The van der Waals surface area contributed by atoms with E-state index >= 15 is 0 Å². The van der Waals surface area contributed by atoms with Gasteiger partial charge in [-0.1, -0.05) is 12.1 Å². The SMILES string of the molecule is CNCC1CCCN(Cc2cccc(C#N)c2F)C1. The zero-order valence-electron chi connectivity index (χ0n) is 11.3. The van der Waals surface area contributed by atoms with Crippen LogP contribution in [0.4, 0.5) is 4.39 Å². The molecule has 1 heterocycles. The molecule has 1 N–H and O–H groups in total. The number of nitrogens with one attached hydrogen (secondary N) is 1. The highest BCUT2D eigenvalue weighted by atomic mass is 19.1. The second-order valence-electron chi connectivity index (χ2n) is 5.19. The van der Waals surface area contributed by atoms with Gasteiger partial charge in [0.2, 0.25) is 0 Å². The van der Waals surface area contributed by atoms with Crippen LogP contribution in [-0.4, -0.2) is 31.6 Å². The first-order valence-corrected chi connectivity index (χ1v) is 6.79. The van der Waals surface area contributed by atoms with E-state index in [0.717, 1.165) is 26.1 Å². The van der Waals surface area contributed by atoms with Crippen LogP contribution < -0.4 is 5.32 Å². The molecule has 1 aromatic rings. The van der Waals surface area contributed by atoms with Crippen molar-refractivity contribution >= 4 is 0 Å². The fourth-order valence-corrected chi connectivity index (χ4v) is 2.78. The number of hydrogen-bond donors (Lipinski definition) is 1. The average Bonchev–Trinajstić information content (AvgIpc) is 2.42. The number of likely N-dealkylation sites (tertiary alicyclic amines) is 1. The number of halogens is 1. The van der Waals surface area contributed by atoms with Crippen LogP contribution in [0.2, 0.25) is 0 Å². The Kier molecular flexibility index (Phi) is 4.89. The maximum Gasteiger partial charge on any atom is 0.145 e. The van der Waals surface area contributed by atoms with E-state index in [1.165, 1.54) is 12.5 Å². The Balaban J connectivity index is 2.03. The Morgan fingerprint density at radius 3 is 3.11 bits per heavy atom. The largest absolute Gasteiger partial charge is 0.319 e. The molecule has 1 unspecified atom stereocenters. The predicted octanol–water partition coefficient (Wildman–Crippen LogP) is 2.13. The molecule has 0 aliphatic carbocycles. The molecule has 0 amide bonds. The lowest BCUT2D eigenvalue weighted by molar-refractivity contribution is 0.165. The number of hydrogen-bond acceptors (Lipinski definition) is 3. The van der Waals surface area contributed by atoms with Gasteiger partial charge in [0, 0.05) is 18.7 Å². The second-order valence-corrected chi connectivity index (χ2v) is 5.19. The highest BCUT2D eigenvalue weighted by Crippen LogP contribution is 2.20. The zero-order valence-corrected chi connectivity index (χ0v) is 11.3. The van der Waals surface area contributed by atoms with Crippen LogP contribution in [0.1, 0.15) is 24.0 Å². The molecule has 1 aliphatic heterocycles. The van der Waals surface area contributed by atoms with Crippen molar-refractivity contribution < 1.29 is 4.39 Å². The topological polar surface area (TPSA) is 39.1 Å². The molecule has 4 heteroatoms. The van der Waals surface area contributed by atoms with Gasteiger partial charge >= 0.3 is 0 Å². The minimum Gasteiger partial charge on any atom is -0.319 e. The van der Waals surface area contributed by atoms with Gasteiger partial charge in [-0.25, -0.2) is 4.39 Å². The van der Waals surface area contributed by atoms with E-state index < -0.39 is 0 Å². The van der Waals surface area contributed by atoms with Crippen molar-refractivity contribution in [2.45, 2.75) is 19.4 Å². The van der Waals surface area contributed by atoms with E-state index in [2.05, 4.69) is 10.2 Å². The minimum absolute atomic E-state index is 0.140. The van der Waals surface area contributed by atoms with Gasteiger partial charge in [-0.05, 0) is 45.0 Å². The van der Waals surface area contributed by atoms with E-state index in [0.29, 0.717) is 18.0 Å². The number of nitriles is 1. The van der Waals surface area contributed by atoms with Crippen LogP contribution in [0.5, 0.6) is 0 Å². The molecule has 3 nitrogen and oxygen atoms in total. The summed E-state index contributed by atoms with van der Waals surface area (Å²) >= 11 is 0. The molecule has 1 atom stereocenters. The van der Waals surface area contributed by atoms with Crippen molar-refractivity contribution in [1.29, 1.82) is 5.26 Å². The van der Waals surface area contributed by atoms with Crippen LogP contribution in [-0.2, 0) is 6.54 Å². The van der Waals surface area contributed by atoms with Gasteiger partial charge in [-0.2, -0.15) is 5.26 Å². The van der Waals surface area contributed by atoms with E-state index in [1.807, 2.05) is 13.1 Å². The monoisotopic (exact) mass is 261 g/mol. The highest BCUT2D eigenvalue weighted by molar-refractivity contribution is 5.34. The van der Waals surface area contributed by atoms with Crippen LogP contribution in [0.15, 0.2) is 18.2 Å². The molecule has 1 aromatic carbocycles. The van der Waals surface area contributed by atoms with Gasteiger partial charge in [0.05, 0.1) is 5.56 Å². The third-order valence-corrected chi connectivity index (χ3v) is 3.69. The molecule has 0 radical (unpaired) electrons. The van der Waals surface area contributed by atoms with Crippen LogP contribution in [0.25, 0.3) is 0 Å². The van der Waals surface area contributed by atoms with Crippen molar-refractivity contribution in [3.63, 3.8) is 0 Å². The Morgan fingerprint density at radius 2 is 2.37 bits per heavy atom. The molecule has 0 aromatic heterocycles. The predicted molar refractivity (Wildman–Crippen MR) is 73.0 cm³/mol. The molecular formula is C15H20FN3. The molecular weight excluding hydrogens is 241 g/mol. The summed E-state index contributed by atoms with van der Waals surface area (Å²) in [5.41, 5.74) is 0.769. The minimum atomic E-state index is -0.360. The molecule has 2 rings (SSSR count). The van der Waals surface area contributed by atoms with Gasteiger partial charge in [-0.15, -0.1) is 0 Å². The van der Waals surface area contributed by atoms with E-state index in [1.54, 1.807) is 12.1 Å². The Bertz CT molecular complexity index is 465. The summed E-state index contributed by atoms with van der Waals surface area (Å²) in [6.45, 7) is 3.62. The van der Waals surface area contributed by atoms with Crippen molar-refractivity contribution in [2.75, 3.05) is 26.7 Å². The van der Waals surface area contributed by atoms with Gasteiger partial charge in [0.1, 0.15) is 11.9 Å². The maximum absolute atomic E-state index is 14.0. The van der Waals surface area contributed by atoms with Crippen molar-refractivity contribution in [3.8, 4) is 6.07 Å². The molecule has 0 saturated carbocycles. The van der Waals surface area contributed by atoms with Gasteiger partial charge < -0.3 is 5.32 Å². The summed E-state index contributed by atoms with van der Waals surface area (Å²) in [6, 6.07) is 6.96. The smallest absolute Gasteiger partial charge is 0.145 e. The normalized spacial score (nSPS) is 20.2. The Hall–Kier alpha value is -1.44. The zero-order chi connectivity index (χ0) is 13.7. The van der Waals surface area contributed by atoms with Crippen LogP contribution >= 0.6 is 0 Å². The summed E-state index contributed by atoms with van der Waals surface area (Å²) in [7, 11) is 1.97. The summed E-state index contributed by atoms with van der Waals surface area (Å²) in [6.07, 6.45) is 2.39. The Morgan fingerprint density at radius 1 is 1.53 bits per heavy atom. The van der Waals surface area contributed by atoms with E-state index in [-0.39, 0.29) is 11.4 Å². The summed E-state index contributed by atoms with van der Waals surface area (Å²) in [4.78, 5) is 2.28. The van der Waals surface area contributed by atoms with Crippen LogP contribution in [0.3, 0.4) is 0 Å². The van der Waals surface area contributed by atoms with E-state index in [4.69, 9.17) is 5.26 Å². The average molecular weight is 261 g/mol. The lowest BCUT2D eigenvalue weighted by atomic mass is 9.97. The van der Waals surface area contributed by atoms with Crippen molar-refractivity contribution in [1.82, 2.24) is 10.2 Å². The quantitative estimate of drug-likeness (QED) is 0.902. The third kappa shape index (κ3) is 3.52. The molecule has 0 spiro atoms. The molecule has 19 heavy (non-hydrogen) atoms. The summed E-state index contributed by atoms with van der Waals surface area (Å²) in [5.74, 6) is 0.279. The Labute approximate surface area is 114 Å². The van der Waals surface area contributed by atoms with Gasteiger partial charge in [0.25, 0.3) is 0 Å². The van der Waals surface area contributed by atoms with E-state index in [9.17, 15) is 4.39 Å². The van der Waals surface area contributed by atoms with Crippen molar-refractivity contribution in [2.24, 2.45) is 5.92 Å². The number of nitrogens with zero attached hydrogens (tertiary/aromatic N) is 2. The molecule has 102 valence electrons. The number of benzene rings is 1. The molecule has 1 fully saturated rings. The summed E-state index contributed by atoms with van der Waals surface area (Å²) < 4.78 is 14.0. The first-order valence-electron chi connectivity index (χ1n) is 6.79. The second kappa shape index (κ2) is 6.65. The first kappa shape index (κ1) is 14.0. The molecule has 1 aliphatic rings. The first-order chi connectivity index (χ1) is 9.24. The molecule has 1 saturated heterocycles.